The van der Waals surface area contributed by atoms with Crippen molar-refractivity contribution in [1.82, 2.24) is 0 Å². The zero-order chi connectivity index (χ0) is 15.6. The lowest BCUT2D eigenvalue weighted by Gasteiger charge is -2.18. The predicted octanol–water partition coefficient (Wildman–Crippen LogP) is 1.26. The number of hydrogen-bond acceptors (Lipinski definition) is 6. The molecule has 0 aromatic heterocycles. The Morgan fingerprint density at radius 2 is 2.00 bits per heavy atom. The molecule has 0 saturated carbocycles. The van der Waals surface area contributed by atoms with E-state index in [-0.39, 0.29) is 22.8 Å². The van der Waals surface area contributed by atoms with Crippen molar-refractivity contribution < 1.29 is 18.1 Å². The van der Waals surface area contributed by atoms with Crippen LogP contribution in [-0.4, -0.2) is 31.7 Å². The van der Waals surface area contributed by atoms with Crippen LogP contribution in [0, 0.1) is 10.1 Å². The third-order valence-electron chi connectivity index (χ3n) is 2.44. The van der Waals surface area contributed by atoms with Gasteiger partial charge in [-0.2, -0.15) is 0 Å². The number of nitrogens with zero attached hydrogens (tertiary/aromatic N) is 1. The molecule has 7 nitrogen and oxygen atoms in total. The standard InChI is InChI=1S/C12H18N2O5S/c1-12(2,13)8-20(17,18)7-9-6-10(14(15)16)4-5-11(9)19-3/h4-6H,7-8,13H2,1-3H3. The van der Waals surface area contributed by atoms with Crippen molar-refractivity contribution in [2.75, 3.05) is 12.9 Å². The number of hydrogen-bond donors (Lipinski definition) is 1. The molecular formula is C12H18N2O5S. The minimum absolute atomic E-state index is 0.178. The fourth-order valence-electron chi connectivity index (χ4n) is 1.85. The molecule has 0 atom stereocenters. The average molecular weight is 302 g/mol. The molecule has 1 aromatic carbocycles. The summed E-state index contributed by atoms with van der Waals surface area (Å²) in [7, 11) is -2.12. The summed E-state index contributed by atoms with van der Waals surface area (Å²) in [4.78, 5) is 10.2. The lowest BCUT2D eigenvalue weighted by atomic mass is 10.1. The van der Waals surface area contributed by atoms with Gasteiger partial charge in [-0.3, -0.25) is 10.1 Å². The van der Waals surface area contributed by atoms with Crippen molar-refractivity contribution in [1.29, 1.82) is 0 Å². The predicted molar refractivity (Wildman–Crippen MR) is 75.4 cm³/mol. The second-order valence-corrected chi connectivity index (χ2v) is 7.34. The van der Waals surface area contributed by atoms with Gasteiger partial charge in [-0.05, 0) is 19.9 Å². The molecule has 2 N–H and O–H groups in total. The average Bonchev–Trinajstić information content (AvgIpc) is 2.24. The number of nitro groups is 1. The van der Waals surface area contributed by atoms with Gasteiger partial charge < -0.3 is 10.5 Å². The van der Waals surface area contributed by atoms with E-state index in [0.717, 1.165) is 0 Å². The van der Waals surface area contributed by atoms with Gasteiger partial charge in [-0.1, -0.05) is 0 Å². The van der Waals surface area contributed by atoms with Crippen LogP contribution in [0.3, 0.4) is 0 Å². The second kappa shape index (κ2) is 5.76. The summed E-state index contributed by atoms with van der Waals surface area (Å²) in [6.45, 7) is 3.21. The van der Waals surface area contributed by atoms with E-state index in [1.807, 2.05) is 0 Å². The number of ether oxygens (including phenoxy) is 1. The molecule has 0 amide bonds. The molecule has 0 aliphatic rings. The van der Waals surface area contributed by atoms with Crippen LogP contribution < -0.4 is 10.5 Å². The van der Waals surface area contributed by atoms with Crippen LogP contribution in [0.2, 0.25) is 0 Å². The number of sulfone groups is 1. The smallest absolute Gasteiger partial charge is 0.270 e. The number of rotatable bonds is 6. The first-order valence-electron chi connectivity index (χ1n) is 5.85. The van der Waals surface area contributed by atoms with Crippen LogP contribution in [0.25, 0.3) is 0 Å². The molecule has 0 bridgehead atoms. The van der Waals surface area contributed by atoms with Crippen molar-refractivity contribution in [2.45, 2.75) is 25.1 Å². The maximum atomic E-state index is 12.1. The van der Waals surface area contributed by atoms with Gasteiger partial charge in [0.1, 0.15) is 5.75 Å². The molecule has 1 rings (SSSR count). The molecule has 8 heteroatoms. The Labute approximate surface area is 117 Å². The zero-order valence-electron chi connectivity index (χ0n) is 11.6. The lowest BCUT2D eigenvalue weighted by Crippen LogP contribution is -2.40. The highest BCUT2D eigenvalue weighted by Crippen LogP contribution is 2.26. The van der Waals surface area contributed by atoms with Gasteiger partial charge >= 0.3 is 0 Å². The fraction of sp³-hybridized carbons (Fsp3) is 0.500. The molecule has 0 spiro atoms. The van der Waals surface area contributed by atoms with Crippen molar-refractivity contribution in [2.24, 2.45) is 5.73 Å². The number of nitrogens with two attached hydrogens (primary N) is 1. The Morgan fingerprint density at radius 1 is 1.40 bits per heavy atom. The summed E-state index contributed by atoms with van der Waals surface area (Å²) >= 11 is 0. The molecular weight excluding hydrogens is 284 g/mol. The summed E-state index contributed by atoms with van der Waals surface area (Å²) in [6, 6.07) is 3.86. The quantitative estimate of drug-likeness (QED) is 0.625. The zero-order valence-corrected chi connectivity index (χ0v) is 12.4. The first kappa shape index (κ1) is 16.4. The number of methoxy groups -OCH3 is 1. The first-order chi connectivity index (χ1) is 9.04. The van der Waals surface area contributed by atoms with E-state index in [1.54, 1.807) is 13.8 Å². The van der Waals surface area contributed by atoms with Crippen LogP contribution in [0.1, 0.15) is 19.4 Å². The van der Waals surface area contributed by atoms with Crippen LogP contribution in [0.4, 0.5) is 5.69 Å². The molecule has 1 aromatic rings. The third-order valence-corrected chi connectivity index (χ3v) is 4.38. The van der Waals surface area contributed by atoms with Crippen molar-refractivity contribution >= 4 is 15.5 Å². The van der Waals surface area contributed by atoms with Gasteiger partial charge in [0, 0.05) is 23.2 Å². The Morgan fingerprint density at radius 3 is 2.45 bits per heavy atom. The number of non-ortho nitro benzene ring substituents is 1. The van der Waals surface area contributed by atoms with Gasteiger partial charge in [-0.25, -0.2) is 8.42 Å². The minimum Gasteiger partial charge on any atom is -0.496 e. The van der Waals surface area contributed by atoms with Crippen LogP contribution in [-0.2, 0) is 15.6 Å². The SMILES string of the molecule is COc1ccc([N+](=O)[O-])cc1CS(=O)(=O)CC(C)(C)N. The number of benzene rings is 1. The van der Waals surface area contributed by atoms with Gasteiger partial charge in [0.2, 0.25) is 0 Å². The van der Waals surface area contributed by atoms with E-state index in [9.17, 15) is 18.5 Å². The molecule has 0 radical (unpaired) electrons. The first-order valence-corrected chi connectivity index (χ1v) is 7.67. The third kappa shape index (κ3) is 4.78. The minimum atomic E-state index is -3.49. The van der Waals surface area contributed by atoms with E-state index in [2.05, 4.69) is 0 Å². The molecule has 0 unspecified atom stereocenters. The summed E-state index contributed by atoms with van der Waals surface area (Å²) in [5, 5.41) is 10.7. The van der Waals surface area contributed by atoms with Gasteiger partial charge in [0.25, 0.3) is 5.69 Å². The second-order valence-electron chi connectivity index (χ2n) is 5.27. The Bertz CT molecular complexity index is 605. The molecule has 0 fully saturated rings. The van der Waals surface area contributed by atoms with Gasteiger partial charge in [-0.15, -0.1) is 0 Å². The topological polar surface area (TPSA) is 113 Å². The van der Waals surface area contributed by atoms with Crippen molar-refractivity contribution in [3.8, 4) is 5.75 Å². The molecule has 0 aliphatic carbocycles. The molecule has 0 aliphatic heterocycles. The normalized spacial score (nSPS) is 12.2. The maximum Gasteiger partial charge on any atom is 0.270 e. The van der Waals surface area contributed by atoms with Gasteiger partial charge in [0.15, 0.2) is 9.84 Å². The fourth-order valence-corrected chi connectivity index (χ4v) is 3.78. The van der Waals surface area contributed by atoms with E-state index in [1.165, 1.54) is 25.3 Å². The monoisotopic (exact) mass is 302 g/mol. The number of nitro benzene ring substituents is 1. The van der Waals surface area contributed by atoms with E-state index < -0.39 is 20.3 Å². The Hall–Kier alpha value is -1.67. The largest absolute Gasteiger partial charge is 0.496 e. The molecule has 0 heterocycles. The summed E-state index contributed by atoms with van der Waals surface area (Å²) in [6.07, 6.45) is 0. The summed E-state index contributed by atoms with van der Waals surface area (Å²) in [5.74, 6) is -0.265. The van der Waals surface area contributed by atoms with E-state index in [0.29, 0.717) is 5.75 Å². The summed E-state index contributed by atoms with van der Waals surface area (Å²) in [5.41, 5.74) is 4.91. The van der Waals surface area contributed by atoms with Crippen molar-refractivity contribution in [3.63, 3.8) is 0 Å². The van der Waals surface area contributed by atoms with Gasteiger partial charge in [0.05, 0.1) is 23.5 Å². The highest BCUT2D eigenvalue weighted by atomic mass is 32.2. The molecule has 112 valence electrons. The van der Waals surface area contributed by atoms with Crippen LogP contribution in [0.15, 0.2) is 18.2 Å². The van der Waals surface area contributed by atoms with E-state index in [4.69, 9.17) is 10.5 Å². The Kier molecular flexibility index (Phi) is 4.72. The molecule has 0 saturated heterocycles. The highest BCUT2D eigenvalue weighted by Gasteiger charge is 2.24. The van der Waals surface area contributed by atoms with E-state index >= 15 is 0 Å². The van der Waals surface area contributed by atoms with Crippen LogP contribution >= 0.6 is 0 Å². The summed E-state index contributed by atoms with van der Waals surface area (Å²) < 4.78 is 29.2. The van der Waals surface area contributed by atoms with Crippen LogP contribution in [0.5, 0.6) is 5.75 Å². The van der Waals surface area contributed by atoms with Crippen molar-refractivity contribution in [3.05, 3.63) is 33.9 Å². The Balaban J connectivity index is 3.13. The molecule has 20 heavy (non-hydrogen) atoms. The highest BCUT2D eigenvalue weighted by molar-refractivity contribution is 7.90. The maximum absolute atomic E-state index is 12.1. The lowest BCUT2D eigenvalue weighted by molar-refractivity contribution is -0.384.